The first-order valence-electron chi connectivity index (χ1n) is 11.2. The Balaban J connectivity index is 1.77. The summed E-state index contributed by atoms with van der Waals surface area (Å²) >= 11 is 0. The third-order valence-electron chi connectivity index (χ3n) is 5.89. The first-order valence-corrected chi connectivity index (χ1v) is 13.0. The number of alkyl halides is 3. The molecule has 0 radical (unpaired) electrons. The van der Waals surface area contributed by atoms with Crippen LogP contribution < -0.4 is 14.5 Å². The second-order valence-electron chi connectivity index (χ2n) is 8.45. The van der Waals surface area contributed by atoms with Gasteiger partial charge in [-0.15, -0.1) is 0 Å². The summed E-state index contributed by atoms with van der Waals surface area (Å²) in [5, 5.41) is 9.26. The number of hydrogen-bond donors (Lipinski definition) is 2. The molecule has 14 heteroatoms. The van der Waals surface area contributed by atoms with E-state index < -0.39 is 33.7 Å². The van der Waals surface area contributed by atoms with Gasteiger partial charge in [0.25, 0.3) is 5.91 Å². The normalized spacial score (nSPS) is 15.7. The summed E-state index contributed by atoms with van der Waals surface area (Å²) in [6, 6.07) is 8.82. The number of carbonyl (C=O) groups is 2. The second-order valence-corrected chi connectivity index (χ2v) is 10.4. The lowest BCUT2D eigenvalue weighted by molar-refractivity contribution is -0.138. The lowest BCUT2D eigenvalue weighted by Crippen LogP contribution is -2.59. The lowest BCUT2D eigenvalue weighted by Gasteiger charge is -2.39. The molecule has 3 rings (SSSR count). The van der Waals surface area contributed by atoms with Gasteiger partial charge in [0.15, 0.2) is 0 Å². The number of hydroxylamine groups is 1. The molecule has 2 aromatic rings. The van der Waals surface area contributed by atoms with Gasteiger partial charge in [-0.05, 0) is 48.5 Å². The molecule has 0 aliphatic carbocycles. The highest BCUT2D eigenvalue weighted by molar-refractivity contribution is 7.92. The number of sulfonamides is 1. The zero-order valence-electron chi connectivity index (χ0n) is 20.1. The average Bonchev–Trinajstić information content (AvgIpc) is 2.84. The van der Waals surface area contributed by atoms with Gasteiger partial charge in [0, 0.05) is 33.1 Å². The van der Waals surface area contributed by atoms with Crippen LogP contribution in [-0.2, 0) is 25.8 Å². The molecule has 2 amide bonds. The van der Waals surface area contributed by atoms with Crippen LogP contribution in [0.15, 0.2) is 48.5 Å². The van der Waals surface area contributed by atoms with E-state index in [1.54, 1.807) is 15.3 Å². The second kappa shape index (κ2) is 11.4. The number of carbonyl (C=O) groups excluding carboxylic acids is 2. The van der Waals surface area contributed by atoms with Crippen molar-refractivity contribution in [3.63, 3.8) is 0 Å². The summed E-state index contributed by atoms with van der Waals surface area (Å²) in [7, 11) is -3.87. The SMILES string of the molecule is CC(=O)N1CCN(C(CN(c2ccc(Oc3ccc(C(F)(F)F)cc3)cc2)S(C)(=O)=O)C(=O)NO)CC1. The molecule has 2 aromatic carbocycles. The standard InChI is InChI=1S/C23H27F3N4O6S/c1-16(31)28-11-13-29(14-12-28)21(22(32)27-33)15-30(37(2,34)35)18-5-9-20(10-6-18)36-19-7-3-17(4-8-19)23(24,25)26/h3-10,21,33H,11-15H2,1-2H3,(H,27,32). The Bertz CT molecular complexity index is 1200. The Kier molecular flexibility index (Phi) is 8.66. The Labute approximate surface area is 212 Å². The summed E-state index contributed by atoms with van der Waals surface area (Å²) in [6.45, 7) is 2.41. The summed E-state index contributed by atoms with van der Waals surface area (Å²) < 4.78 is 70.0. The van der Waals surface area contributed by atoms with Crippen molar-refractivity contribution in [2.24, 2.45) is 0 Å². The van der Waals surface area contributed by atoms with E-state index in [4.69, 9.17) is 4.74 Å². The molecule has 1 heterocycles. The van der Waals surface area contributed by atoms with E-state index in [9.17, 15) is 36.4 Å². The monoisotopic (exact) mass is 544 g/mol. The van der Waals surface area contributed by atoms with Crippen LogP contribution in [0.4, 0.5) is 18.9 Å². The minimum atomic E-state index is -4.47. The maximum Gasteiger partial charge on any atom is 0.416 e. The number of piperazine rings is 1. The molecule has 1 atom stereocenters. The van der Waals surface area contributed by atoms with Crippen molar-refractivity contribution < 1.29 is 41.1 Å². The van der Waals surface area contributed by atoms with E-state index in [1.165, 1.54) is 43.3 Å². The van der Waals surface area contributed by atoms with Crippen LogP contribution in [0.5, 0.6) is 11.5 Å². The molecule has 0 bridgehead atoms. The predicted molar refractivity (Wildman–Crippen MR) is 128 cm³/mol. The van der Waals surface area contributed by atoms with Crippen LogP contribution >= 0.6 is 0 Å². The topological polar surface area (TPSA) is 119 Å². The van der Waals surface area contributed by atoms with Crippen molar-refractivity contribution in [3.05, 3.63) is 54.1 Å². The Hall–Kier alpha value is -3.36. The lowest BCUT2D eigenvalue weighted by atomic mass is 10.1. The van der Waals surface area contributed by atoms with Crippen molar-refractivity contribution in [1.82, 2.24) is 15.3 Å². The summed E-state index contributed by atoms with van der Waals surface area (Å²) in [5.74, 6) is -0.501. The molecule has 0 saturated carbocycles. The van der Waals surface area contributed by atoms with Crippen molar-refractivity contribution in [2.45, 2.75) is 19.1 Å². The molecule has 202 valence electrons. The number of benzene rings is 2. The van der Waals surface area contributed by atoms with Gasteiger partial charge in [0.1, 0.15) is 17.5 Å². The summed E-state index contributed by atoms with van der Waals surface area (Å²) in [6.07, 6.45) is -3.50. The molecule has 1 fully saturated rings. The van der Waals surface area contributed by atoms with Gasteiger partial charge in [-0.3, -0.25) is 24.0 Å². The third-order valence-corrected chi connectivity index (χ3v) is 7.05. The largest absolute Gasteiger partial charge is 0.457 e. The molecule has 1 aliphatic rings. The Morgan fingerprint density at radius 1 is 1.03 bits per heavy atom. The van der Waals surface area contributed by atoms with Gasteiger partial charge in [-0.25, -0.2) is 13.9 Å². The number of nitrogens with one attached hydrogen (secondary N) is 1. The summed E-state index contributed by atoms with van der Waals surface area (Å²) in [5.41, 5.74) is 0.973. The number of rotatable bonds is 8. The molecular formula is C23H27F3N4O6S. The molecule has 0 spiro atoms. The van der Waals surface area contributed by atoms with E-state index in [0.717, 1.165) is 22.7 Å². The van der Waals surface area contributed by atoms with Crippen molar-refractivity contribution in [2.75, 3.05) is 43.3 Å². The first-order chi connectivity index (χ1) is 17.3. The number of amides is 2. The van der Waals surface area contributed by atoms with Crippen molar-refractivity contribution >= 4 is 27.5 Å². The van der Waals surface area contributed by atoms with E-state index in [-0.39, 0.29) is 29.6 Å². The minimum absolute atomic E-state index is 0.112. The molecule has 1 unspecified atom stereocenters. The molecular weight excluding hydrogens is 517 g/mol. The van der Waals surface area contributed by atoms with Crippen LogP contribution in [0.3, 0.4) is 0 Å². The van der Waals surface area contributed by atoms with Gasteiger partial charge < -0.3 is 9.64 Å². The van der Waals surface area contributed by atoms with Crippen molar-refractivity contribution in [1.29, 1.82) is 0 Å². The number of nitrogens with zero attached hydrogens (tertiary/aromatic N) is 3. The molecule has 0 aromatic heterocycles. The molecule has 37 heavy (non-hydrogen) atoms. The average molecular weight is 545 g/mol. The highest BCUT2D eigenvalue weighted by Gasteiger charge is 2.34. The van der Waals surface area contributed by atoms with Crippen LogP contribution in [-0.4, -0.2) is 80.3 Å². The third kappa shape index (κ3) is 7.33. The van der Waals surface area contributed by atoms with Gasteiger partial charge in [0.05, 0.1) is 24.1 Å². The number of halogens is 3. The maximum atomic E-state index is 12.7. The van der Waals surface area contributed by atoms with Crippen LogP contribution in [0.1, 0.15) is 12.5 Å². The fourth-order valence-corrected chi connectivity index (χ4v) is 4.82. The zero-order valence-corrected chi connectivity index (χ0v) is 20.9. The number of anilines is 1. The van der Waals surface area contributed by atoms with Crippen LogP contribution in [0, 0.1) is 0 Å². The predicted octanol–water partition coefficient (Wildman–Crippen LogP) is 2.30. The molecule has 2 N–H and O–H groups in total. The van der Waals surface area contributed by atoms with Crippen LogP contribution in [0.25, 0.3) is 0 Å². The van der Waals surface area contributed by atoms with E-state index in [0.29, 0.717) is 26.2 Å². The zero-order chi connectivity index (χ0) is 27.4. The van der Waals surface area contributed by atoms with E-state index in [1.807, 2.05) is 0 Å². The smallest absolute Gasteiger partial charge is 0.416 e. The fourth-order valence-electron chi connectivity index (χ4n) is 3.91. The van der Waals surface area contributed by atoms with Gasteiger partial charge >= 0.3 is 6.18 Å². The maximum absolute atomic E-state index is 12.7. The van der Waals surface area contributed by atoms with Crippen molar-refractivity contribution in [3.8, 4) is 11.5 Å². The van der Waals surface area contributed by atoms with E-state index >= 15 is 0 Å². The highest BCUT2D eigenvalue weighted by atomic mass is 32.2. The number of hydrogen-bond acceptors (Lipinski definition) is 7. The first kappa shape index (κ1) is 28.2. The van der Waals surface area contributed by atoms with Crippen LogP contribution in [0.2, 0.25) is 0 Å². The Morgan fingerprint density at radius 3 is 1.97 bits per heavy atom. The van der Waals surface area contributed by atoms with Gasteiger partial charge in [-0.2, -0.15) is 13.2 Å². The Morgan fingerprint density at radius 2 is 1.54 bits per heavy atom. The summed E-state index contributed by atoms with van der Waals surface area (Å²) in [4.78, 5) is 27.4. The number of ether oxygens (including phenoxy) is 1. The quantitative estimate of drug-likeness (QED) is 0.387. The highest BCUT2D eigenvalue weighted by Crippen LogP contribution is 2.32. The molecule has 1 saturated heterocycles. The molecule has 1 aliphatic heterocycles. The van der Waals surface area contributed by atoms with Gasteiger partial charge in [0.2, 0.25) is 15.9 Å². The molecule has 10 nitrogen and oxygen atoms in total. The fraction of sp³-hybridized carbons (Fsp3) is 0.391. The van der Waals surface area contributed by atoms with E-state index in [2.05, 4.69) is 0 Å². The minimum Gasteiger partial charge on any atom is -0.457 e. The van der Waals surface area contributed by atoms with Gasteiger partial charge in [-0.1, -0.05) is 0 Å².